The summed E-state index contributed by atoms with van der Waals surface area (Å²) in [6, 6.07) is 3.42. The molecule has 4 heterocycles. The lowest BCUT2D eigenvalue weighted by Crippen LogP contribution is -2.57. The number of esters is 2. The number of carbonyl (C=O) groups is 2. The number of fused-ring (bicyclic) bond motifs is 12. The summed E-state index contributed by atoms with van der Waals surface area (Å²) in [5.74, 6) is -1.36. The highest BCUT2D eigenvalue weighted by atomic mass is 16.6. The summed E-state index contributed by atoms with van der Waals surface area (Å²) in [5.41, 5.74) is 2.06. The van der Waals surface area contributed by atoms with Gasteiger partial charge < -0.3 is 37.3 Å². The predicted molar refractivity (Wildman–Crippen MR) is 122 cm³/mol. The van der Waals surface area contributed by atoms with Gasteiger partial charge in [0.05, 0.1) is 63.6 Å². The van der Waals surface area contributed by atoms with E-state index in [2.05, 4.69) is 0 Å². The van der Waals surface area contributed by atoms with Gasteiger partial charge >= 0.3 is 11.9 Å². The van der Waals surface area contributed by atoms with Crippen LogP contribution in [0.5, 0.6) is 34.5 Å². The molecule has 4 atom stereocenters. The first kappa shape index (κ1) is 21.0. The van der Waals surface area contributed by atoms with Crippen LogP contribution in [0, 0.1) is 11.8 Å². The predicted octanol–water partition coefficient (Wildman–Crippen LogP) is 4.16. The zero-order valence-corrected chi connectivity index (χ0v) is 19.7. The Morgan fingerprint density at radius 2 is 0.972 bits per heavy atom. The Balaban J connectivity index is 1.56. The van der Waals surface area contributed by atoms with E-state index in [0.29, 0.717) is 67.6 Å². The van der Waals surface area contributed by atoms with Crippen molar-refractivity contribution in [3.63, 3.8) is 0 Å². The third-order valence-corrected chi connectivity index (χ3v) is 7.60. The first-order valence-corrected chi connectivity index (χ1v) is 11.3. The Bertz CT molecular complexity index is 1490. The molecule has 36 heavy (non-hydrogen) atoms. The molecule has 1 fully saturated rings. The number of methoxy groups -OCH3 is 4. The molecule has 0 bridgehead atoms. The fourth-order valence-corrected chi connectivity index (χ4v) is 6.27. The van der Waals surface area contributed by atoms with Crippen LogP contribution in [0.15, 0.2) is 33.5 Å². The molecule has 2 aromatic carbocycles. The van der Waals surface area contributed by atoms with E-state index in [1.807, 2.05) is 0 Å². The summed E-state index contributed by atoms with van der Waals surface area (Å²) in [6.45, 7) is 0. The van der Waals surface area contributed by atoms with Crippen LogP contribution < -0.4 is 28.4 Å². The molecule has 184 valence electrons. The van der Waals surface area contributed by atoms with E-state index < -0.39 is 35.6 Å². The summed E-state index contributed by atoms with van der Waals surface area (Å²) in [5, 5.41) is 1.15. The van der Waals surface area contributed by atoms with Crippen molar-refractivity contribution in [3.8, 4) is 34.5 Å². The van der Waals surface area contributed by atoms with E-state index >= 15 is 0 Å². The second kappa shape index (κ2) is 7.09. The Hall–Kier alpha value is -4.34. The third-order valence-electron chi connectivity index (χ3n) is 7.60. The summed E-state index contributed by atoms with van der Waals surface area (Å²) in [6.07, 6.45) is 2.99. The van der Waals surface area contributed by atoms with Crippen molar-refractivity contribution in [2.24, 2.45) is 11.8 Å². The molecular formula is C26H20O10. The molecule has 0 radical (unpaired) electrons. The quantitative estimate of drug-likeness (QED) is 0.304. The molecule has 0 amide bonds. The zero-order chi connectivity index (χ0) is 24.9. The molecule has 10 heteroatoms. The smallest absolute Gasteiger partial charge is 0.315 e. The van der Waals surface area contributed by atoms with E-state index in [1.165, 1.54) is 41.0 Å². The van der Waals surface area contributed by atoms with Gasteiger partial charge in [-0.1, -0.05) is 0 Å². The van der Waals surface area contributed by atoms with Gasteiger partial charge in [0.1, 0.15) is 11.5 Å². The van der Waals surface area contributed by atoms with E-state index in [4.69, 9.17) is 37.3 Å². The second-order valence-corrected chi connectivity index (χ2v) is 8.89. The minimum absolute atomic E-state index is 0.330. The Morgan fingerprint density at radius 3 is 1.33 bits per heavy atom. The van der Waals surface area contributed by atoms with Crippen molar-refractivity contribution in [2.75, 3.05) is 28.4 Å². The molecule has 10 nitrogen and oxygen atoms in total. The standard InChI is InChI=1S/C26H20O10/c1-29-21-15-11-12-14(13(11)25(27)35-17(15)9-5-7-33-19(9)23(21)31-3)26(28)36-18-10-6-8-34-20(10)24(32-4)22(30-2)16(12)18/h5-8,11-14H,1-4H3/t11-,12+,13-,14+. The van der Waals surface area contributed by atoms with Gasteiger partial charge in [-0.2, -0.15) is 0 Å². The van der Waals surface area contributed by atoms with Crippen LogP contribution in [-0.4, -0.2) is 40.4 Å². The van der Waals surface area contributed by atoms with Crippen LogP contribution in [-0.2, 0) is 9.59 Å². The number of carbonyl (C=O) groups excluding carboxylic acids is 2. The normalized spacial score (nSPS) is 23.6. The van der Waals surface area contributed by atoms with Gasteiger partial charge in [-0.25, -0.2) is 0 Å². The molecular weight excluding hydrogens is 472 g/mol. The maximum Gasteiger partial charge on any atom is 0.315 e. The summed E-state index contributed by atoms with van der Waals surface area (Å²) in [7, 11) is 6.05. The summed E-state index contributed by atoms with van der Waals surface area (Å²) in [4.78, 5) is 26.6. The van der Waals surface area contributed by atoms with Gasteiger partial charge in [-0.15, -0.1) is 0 Å². The molecule has 0 N–H and O–H groups in total. The molecule has 4 aromatic rings. The largest absolute Gasteiger partial charge is 0.492 e. The topological polar surface area (TPSA) is 116 Å². The molecule has 2 aliphatic heterocycles. The van der Waals surface area contributed by atoms with Crippen LogP contribution in [0.4, 0.5) is 0 Å². The first-order valence-electron chi connectivity index (χ1n) is 11.3. The average molecular weight is 492 g/mol. The number of benzene rings is 2. The van der Waals surface area contributed by atoms with Gasteiger partial charge in [-0.3, -0.25) is 9.59 Å². The monoisotopic (exact) mass is 492 g/mol. The van der Waals surface area contributed by atoms with Gasteiger partial charge in [0.2, 0.25) is 11.5 Å². The SMILES string of the molecule is COc1c2c(c3ccoc3c1OC)OC(=O)[C@@H]1[C@@H]3C(=O)Oc4c(c(OC)c(OC)c5occc45)[C@@H]3[C@H]21. The fourth-order valence-electron chi connectivity index (χ4n) is 6.27. The lowest BCUT2D eigenvalue weighted by atomic mass is 9.50. The molecule has 2 aromatic heterocycles. The second-order valence-electron chi connectivity index (χ2n) is 8.89. The number of furan rings is 2. The number of hydrogen-bond acceptors (Lipinski definition) is 10. The molecule has 0 spiro atoms. The highest BCUT2D eigenvalue weighted by Gasteiger charge is 2.66. The molecule has 0 saturated heterocycles. The first-order chi connectivity index (χ1) is 17.5. The Kier molecular flexibility index (Phi) is 4.14. The average Bonchev–Trinajstić information content (AvgIpc) is 3.54. The number of rotatable bonds is 4. The molecule has 1 saturated carbocycles. The maximum atomic E-state index is 13.3. The van der Waals surface area contributed by atoms with Crippen molar-refractivity contribution < 1.29 is 46.8 Å². The van der Waals surface area contributed by atoms with Gasteiger partial charge in [0.25, 0.3) is 0 Å². The summed E-state index contributed by atoms with van der Waals surface area (Å²) < 4.78 is 45.8. The third kappa shape index (κ3) is 2.27. The molecule has 1 aliphatic carbocycles. The van der Waals surface area contributed by atoms with E-state index in [1.54, 1.807) is 12.1 Å². The lowest BCUT2D eigenvalue weighted by molar-refractivity contribution is -0.165. The minimum atomic E-state index is -0.776. The maximum absolute atomic E-state index is 13.3. The molecule has 0 unspecified atom stereocenters. The Labute approximate surface area is 203 Å². The van der Waals surface area contributed by atoms with Crippen LogP contribution in [0.2, 0.25) is 0 Å². The highest BCUT2D eigenvalue weighted by molar-refractivity contribution is 6.03. The van der Waals surface area contributed by atoms with Crippen molar-refractivity contribution in [1.82, 2.24) is 0 Å². The van der Waals surface area contributed by atoms with Crippen molar-refractivity contribution >= 4 is 33.9 Å². The van der Waals surface area contributed by atoms with E-state index in [0.717, 1.165) is 0 Å². The molecule has 7 rings (SSSR count). The van der Waals surface area contributed by atoms with Crippen molar-refractivity contribution in [3.05, 3.63) is 35.8 Å². The van der Waals surface area contributed by atoms with Crippen LogP contribution in [0.25, 0.3) is 21.9 Å². The lowest BCUT2D eigenvalue weighted by Gasteiger charge is -2.54. The van der Waals surface area contributed by atoms with Crippen molar-refractivity contribution in [2.45, 2.75) is 11.8 Å². The van der Waals surface area contributed by atoms with E-state index in [9.17, 15) is 9.59 Å². The van der Waals surface area contributed by atoms with Crippen LogP contribution >= 0.6 is 0 Å². The van der Waals surface area contributed by atoms with Crippen LogP contribution in [0.1, 0.15) is 23.0 Å². The highest BCUT2D eigenvalue weighted by Crippen LogP contribution is 2.70. The zero-order valence-electron chi connectivity index (χ0n) is 19.7. The Morgan fingerprint density at radius 1 is 0.583 bits per heavy atom. The number of hydrogen-bond donors (Lipinski definition) is 0. The minimum Gasteiger partial charge on any atom is -0.492 e. The molecule has 3 aliphatic rings. The van der Waals surface area contributed by atoms with Gasteiger partial charge in [0.15, 0.2) is 22.7 Å². The number of ether oxygens (including phenoxy) is 6. The van der Waals surface area contributed by atoms with E-state index in [-0.39, 0.29) is 0 Å². The van der Waals surface area contributed by atoms with Gasteiger partial charge in [0, 0.05) is 23.0 Å². The summed E-state index contributed by atoms with van der Waals surface area (Å²) >= 11 is 0. The fraction of sp³-hybridized carbons (Fsp3) is 0.308. The van der Waals surface area contributed by atoms with Gasteiger partial charge in [-0.05, 0) is 12.1 Å². The van der Waals surface area contributed by atoms with Crippen LogP contribution in [0.3, 0.4) is 0 Å². The van der Waals surface area contributed by atoms with Crippen molar-refractivity contribution in [1.29, 1.82) is 0 Å².